The predicted octanol–water partition coefficient (Wildman–Crippen LogP) is 2.84. The van der Waals surface area contributed by atoms with Gasteiger partial charge in [-0.3, -0.25) is 4.79 Å². The lowest BCUT2D eigenvalue weighted by Crippen LogP contribution is -2.29. The van der Waals surface area contributed by atoms with Gasteiger partial charge < -0.3 is 15.5 Å². The number of para-hydroxylation sites is 1. The molecular weight excluding hydrogens is 360 g/mol. The number of aromatic nitrogens is 3. The number of anilines is 2. The number of carbonyl (C=O) groups is 1. The van der Waals surface area contributed by atoms with E-state index in [9.17, 15) is 4.79 Å². The van der Waals surface area contributed by atoms with Crippen LogP contribution in [0.5, 0.6) is 0 Å². The average Bonchev–Trinajstić information content (AvgIpc) is 3.34. The highest BCUT2D eigenvalue weighted by atomic mass is 32.1. The quantitative estimate of drug-likeness (QED) is 0.638. The van der Waals surface area contributed by atoms with Crippen LogP contribution in [0, 0.1) is 6.92 Å². The van der Waals surface area contributed by atoms with Gasteiger partial charge in [0.1, 0.15) is 17.5 Å². The summed E-state index contributed by atoms with van der Waals surface area (Å²) in [5, 5.41) is 6.67. The molecular formula is C19H22N6OS. The Morgan fingerprint density at radius 1 is 1.15 bits per heavy atom. The van der Waals surface area contributed by atoms with Crippen LogP contribution >= 0.6 is 11.3 Å². The zero-order valence-electron chi connectivity index (χ0n) is 15.2. The van der Waals surface area contributed by atoms with Crippen LogP contribution in [0.3, 0.4) is 0 Å². The number of amides is 1. The minimum absolute atomic E-state index is 0.144. The van der Waals surface area contributed by atoms with Gasteiger partial charge in [-0.25, -0.2) is 15.0 Å². The van der Waals surface area contributed by atoms with Gasteiger partial charge in [-0.05, 0) is 31.9 Å². The lowest BCUT2D eigenvalue weighted by atomic mass is 10.3. The van der Waals surface area contributed by atoms with E-state index in [0.29, 0.717) is 18.1 Å². The summed E-state index contributed by atoms with van der Waals surface area (Å²) >= 11 is 1.41. The van der Waals surface area contributed by atoms with Gasteiger partial charge in [-0.2, -0.15) is 0 Å². The summed E-state index contributed by atoms with van der Waals surface area (Å²) < 4.78 is 1.02. The zero-order valence-corrected chi connectivity index (χ0v) is 16.1. The highest BCUT2D eigenvalue weighted by molar-refractivity contribution is 7.20. The number of hydrogen-bond acceptors (Lipinski definition) is 7. The maximum Gasteiger partial charge on any atom is 0.280 e. The van der Waals surface area contributed by atoms with E-state index in [1.165, 1.54) is 24.2 Å². The Morgan fingerprint density at radius 2 is 1.96 bits per heavy atom. The van der Waals surface area contributed by atoms with Crippen molar-refractivity contribution in [1.82, 2.24) is 20.3 Å². The molecule has 1 aliphatic rings. The number of hydrogen-bond donors (Lipinski definition) is 2. The summed E-state index contributed by atoms with van der Waals surface area (Å²) in [4.78, 5) is 27.9. The van der Waals surface area contributed by atoms with Crippen molar-refractivity contribution in [2.75, 3.05) is 36.4 Å². The average molecular weight is 382 g/mol. The maximum absolute atomic E-state index is 12.3. The lowest BCUT2D eigenvalue weighted by Gasteiger charge is -2.17. The third kappa shape index (κ3) is 4.16. The summed E-state index contributed by atoms with van der Waals surface area (Å²) in [6.45, 7) is 5.09. The minimum Gasteiger partial charge on any atom is -0.368 e. The second-order valence-corrected chi connectivity index (χ2v) is 7.55. The first-order chi connectivity index (χ1) is 13.2. The number of aryl methyl sites for hydroxylation is 1. The minimum atomic E-state index is -0.144. The molecule has 3 aromatic rings. The second-order valence-electron chi connectivity index (χ2n) is 6.52. The molecule has 1 fully saturated rings. The summed E-state index contributed by atoms with van der Waals surface area (Å²) in [5.41, 5.74) is 0.858. The van der Waals surface area contributed by atoms with Crippen LogP contribution in [0.25, 0.3) is 10.2 Å². The van der Waals surface area contributed by atoms with Gasteiger partial charge >= 0.3 is 0 Å². The molecule has 7 nitrogen and oxygen atoms in total. The molecule has 1 amide bonds. The normalized spacial score (nSPS) is 13.9. The van der Waals surface area contributed by atoms with Crippen LogP contribution in [0.1, 0.15) is 28.5 Å². The topological polar surface area (TPSA) is 83.0 Å². The van der Waals surface area contributed by atoms with E-state index >= 15 is 0 Å². The zero-order chi connectivity index (χ0) is 18.6. The fourth-order valence-corrected chi connectivity index (χ4v) is 4.04. The van der Waals surface area contributed by atoms with Crippen molar-refractivity contribution in [3.05, 3.63) is 41.2 Å². The molecule has 1 aromatic carbocycles. The monoisotopic (exact) mass is 382 g/mol. The summed E-state index contributed by atoms with van der Waals surface area (Å²) in [5.74, 6) is 2.37. The van der Waals surface area contributed by atoms with E-state index < -0.39 is 0 Å². The van der Waals surface area contributed by atoms with Crippen molar-refractivity contribution in [3.8, 4) is 0 Å². The third-order valence-electron chi connectivity index (χ3n) is 4.46. The first-order valence-electron chi connectivity index (χ1n) is 9.17. The molecule has 2 aromatic heterocycles. The van der Waals surface area contributed by atoms with Crippen molar-refractivity contribution < 1.29 is 4.79 Å². The standard InChI is InChI=1S/C19H22N6OS/c1-13-22-16(12-17(23-13)25-10-4-5-11-25)20-8-9-21-18(26)19-24-14-6-2-3-7-15(14)27-19/h2-3,6-7,12H,4-5,8-11H2,1H3,(H,21,26)(H,20,22,23). The van der Waals surface area contributed by atoms with Gasteiger partial charge in [0.2, 0.25) is 0 Å². The fourth-order valence-electron chi connectivity index (χ4n) is 3.16. The maximum atomic E-state index is 12.3. The van der Waals surface area contributed by atoms with Crippen LogP contribution in [-0.4, -0.2) is 47.0 Å². The van der Waals surface area contributed by atoms with Gasteiger partial charge in [0.15, 0.2) is 5.01 Å². The van der Waals surface area contributed by atoms with Crippen molar-refractivity contribution in [3.63, 3.8) is 0 Å². The van der Waals surface area contributed by atoms with Crippen LogP contribution in [0.4, 0.5) is 11.6 Å². The SMILES string of the molecule is Cc1nc(NCCNC(=O)c2nc3ccccc3s2)cc(N2CCCC2)n1. The number of rotatable bonds is 6. The molecule has 0 aliphatic carbocycles. The molecule has 0 bridgehead atoms. The molecule has 0 atom stereocenters. The second kappa shape index (κ2) is 7.87. The van der Waals surface area contributed by atoms with E-state index in [-0.39, 0.29) is 5.91 Å². The third-order valence-corrected chi connectivity index (χ3v) is 5.49. The highest BCUT2D eigenvalue weighted by Crippen LogP contribution is 2.22. The molecule has 0 radical (unpaired) electrons. The Kier molecular flexibility index (Phi) is 5.15. The lowest BCUT2D eigenvalue weighted by molar-refractivity contribution is 0.0955. The predicted molar refractivity (Wildman–Crippen MR) is 109 cm³/mol. The van der Waals surface area contributed by atoms with Crippen molar-refractivity contribution in [2.45, 2.75) is 19.8 Å². The van der Waals surface area contributed by atoms with Crippen LogP contribution in [-0.2, 0) is 0 Å². The molecule has 140 valence electrons. The van der Waals surface area contributed by atoms with Gasteiger partial charge in [-0.15, -0.1) is 11.3 Å². The Labute approximate surface area is 161 Å². The van der Waals surface area contributed by atoms with Crippen molar-refractivity contribution >= 4 is 39.1 Å². The van der Waals surface area contributed by atoms with Crippen molar-refractivity contribution in [1.29, 1.82) is 0 Å². The largest absolute Gasteiger partial charge is 0.368 e. The Balaban J connectivity index is 1.31. The molecule has 0 saturated carbocycles. The number of nitrogens with one attached hydrogen (secondary N) is 2. The Bertz CT molecular complexity index is 917. The molecule has 1 aliphatic heterocycles. The smallest absolute Gasteiger partial charge is 0.280 e. The highest BCUT2D eigenvalue weighted by Gasteiger charge is 2.15. The molecule has 4 rings (SSSR count). The molecule has 0 spiro atoms. The summed E-state index contributed by atoms with van der Waals surface area (Å²) in [6, 6.07) is 9.74. The number of benzene rings is 1. The fraction of sp³-hybridized carbons (Fsp3) is 0.368. The van der Waals surface area contributed by atoms with E-state index in [0.717, 1.165) is 40.8 Å². The number of nitrogens with zero attached hydrogens (tertiary/aromatic N) is 4. The van der Waals surface area contributed by atoms with Crippen LogP contribution in [0.2, 0.25) is 0 Å². The van der Waals surface area contributed by atoms with E-state index in [4.69, 9.17) is 0 Å². The van der Waals surface area contributed by atoms with Gasteiger partial charge in [-0.1, -0.05) is 12.1 Å². The number of thiazole rings is 1. The first kappa shape index (κ1) is 17.7. The number of carbonyl (C=O) groups excluding carboxylic acids is 1. The molecule has 8 heteroatoms. The number of fused-ring (bicyclic) bond motifs is 1. The first-order valence-corrected chi connectivity index (χ1v) is 9.99. The Morgan fingerprint density at radius 3 is 2.78 bits per heavy atom. The Hall–Kier alpha value is -2.74. The van der Waals surface area contributed by atoms with Gasteiger partial charge in [0.25, 0.3) is 5.91 Å². The summed E-state index contributed by atoms with van der Waals surface area (Å²) in [7, 11) is 0. The molecule has 27 heavy (non-hydrogen) atoms. The molecule has 3 heterocycles. The van der Waals surface area contributed by atoms with E-state index in [1.54, 1.807) is 0 Å². The van der Waals surface area contributed by atoms with Gasteiger partial charge in [0.05, 0.1) is 10.2 Å². The van der Waals surface area contributed by atoms with E-state index in [1.807, 2.05) is 37.3 Å². The molecule has 1 saturated heterocycles. The molecule has 0 unspecified atom stereocenters. The van der Waals surface area contributed by atoms with Crippen LogP contribution < -0.4 is 15.5 Å². The molecule has 2 N–H and O–H groups in total. The van der Waals surface area contributed by atoms with Crippen molar-refractivity contribution in [2.24, 2.45) is 0 Å². The van der Waals surface area contributed by atoms with Crippen LogP contribution in [0.15, 0.2) is 30.3 Å². The summed E-state index contributed by atoms with van der Waals surface area (Å²) in [6.07, 6.45) is 2.42. The van der Waals surface area contributed by atoms with E-state index in [2.05, 4.69) is 30.5 Å². The van der Waals surface area contributed by atoms with Gasteiger partial charge in [0, 0.05) is 32.2 Å².